The minimum Gasteiger partial charge on any atom is -0.456 e. The molecular formula is C20H12F7N3O3. The molecule has 3 aromatic rings. The molecule has 3 rings (SSSR count). The molecule has 0 aliphatic heterocycles. The first-order valence-corrected chi connectivity index (χ1v) is 8.88. The zero-order valence-corrected chi connectivity index (χ0v) is 16.4. The molecule has 2 aromatic carbocycles. The van der Waals surface area contributed by atoms with Crippen molar-refractivity contribution in [1.82, 2.24) is 10.2 Å². The maximum atomic E-state index is 13.7. The van der Waals surface area contributed by atoms with E-state index in [1.165, 1.54) is 6.92 Å². The third kappa shape index (κ3) is 5.48. The maximum absolute atomic E-state index is 13.7. The number of carbonyl (C=O) groups excluding carboxylic acids is 1. The highest BCUT2D eigenvalue weighted by molar-refractivity contribution is 6.07. The number of benzene rings is 2. The monoisotopic (exact) mass is 475 g/mol. The van der Waals surface area contributed by atoms with Gasteiger partial charge in [-0.1, -0.05) is 0 Å². The molecular weight excluding hydrogens is 463 g/mol. The van der Waals surface area contributed by atoms with Crippen molar-refractivity contribution in [2.24, 2.45) is 0 Å². The van der Waals surface area contributed by atoms with E-state index in [1.807, 2.05) is 10.4 Å². The molecule has 0 radical (unpaired) electrons. The van der Waals surface area contributed by atoms with Crippen LogP contribution in [-0.4, -0.2) is 16.1 Å². The predicted octanol–water partition coefficient (Wildman–Crippen LogP) is 5.30. The van der Waals surface area contributed by atoms with E-state index in [1.54, 1.807) is 0 Å². The highest BCUT2D eigenvalue weighted by Crippen LogP contribution is 2.43. The first kappa shape index (κ1) is 23.8. The van der Waals surface area contributed by atoms with Gasteiger partial charge in [-0.05, 0) is 42.8 Å². The summed E-state index contributed by atoms with van der Waals surface area (Å²) < 4.78 is 99.7. The molecule has 1 heterocycles. The van der Waals surface area contributed by atoms with Crippen molar-refractivity contribution in [1.29, 1.82) is 0 Å². The Bertz CT molecular complexity index is 1270. The van der Waals surface area contributed by atoms with Crippen LogP contribution in [0.5, 0.6) is 11.5 Å². The summed E-state index contributed by atoms with van der Waals surface area (Å²) in [7, 11) is 0. The molecule has 0 unspecified atom stereocenters. The standard InChI is InChI=1S/C20H12F7N3O3/c1-9-4-11(21)2-3-14(9)33-15-6-10(19(22,23)24)5-13(20(25,26)27)17(15)18(32)29-12-7-16(31)30-28-8-12/h2-8H,1H3,(H2,29,30,31,32). The molecule has 174 valence electrons. The molecule has 1 amide bonds. The van der Waals surface area contributed by atoms with Crippen LogP contribution in [0.4, 0.5) is 36.4 Å². The van der Waals surface area contributed by atoms with E-state index in [0.29, 0.717) is 0 Å². The van der Waals surface area contributed by atoms with Crippen molar-refractivity contribution >= 4 is 11.6 Å². The largest absolute Gasteiger partial charge is 0.456 e. The van der Waals surface area contributed by atoms with Crippen LogP contribution in [0.2, 0.25) is 0 Å². The Morgan fingerprint density at radius 1 is 1.00 bits per heavy atom. The van der Waals surface area contributed by atoms with Crippen molar-refractivity contribution in [2.75, 3.05) is 5.32 Å². The third-order valence-corrected chi connectivity index (χ3v) is 4.24. The lowest BCUT2D eigenvalue weighted by molar-refractivity contribution is -0.143. The van der Waals surface area contributed by atoms with E-state index in [0.717, 1.165) is 30.5 Å². The molecule has 0 saturated carbocycles. The number of aromatic nitrogens is 2. The summed E-state index contributed by atoms with van der Waals surface area (Å²) in [5.41, 5.74) is -6.00. The minimum atomic E-state index is -5.39. The lowest BCUT2D eigenvalue weighted by Gasteiger charge is -2.20. The van der Waals surface area contributed by atoms with Gasteiger partial charge in [-0.3, -0.25) is 9.59 Å². The number of aryl methyl sites for hydroxylation is 1. The lowest BCUT2D eigenvalue weighted by Crippen LogP contribution is -2.22. The van der Waals surface area contributed by atoms with Gasteiger partial charge in [0.1, 0.15) is 17.3 Å². The molecule has 0 fully saturated rings. The lowest BCUT2D eigenvalue weighted by atomic mass is 10.0. The van der Waals surface area contributed by atoms with Crippen LogP contribution in [0.3, 0.4) is 0 Å². The molecule has 0 saturated heterocycles. The maximum Gasteiger partial charge on any atom is 0.417 e. The Morgan fingerprint density at radius 3 is 2.27 bits per heavy atom. The van der Waals surface area contributed by atoms with Crippen LogP contribution >= 0.6 is 0 Å². The number of aromatic amines is 1. The SMILES string of the molecule is Cc1cc(F)ccc1Oc1cc(C(F)(F)F)cc(C(F)(F)F)c1C(=O)Nc1cn[nH]c(=O)c1. The minimum absolute atomic E-state index is 0.0473. The molecule has 0 atom stereocenters. The van der Waals surface area contributed by atoms with Gasteiger partial charge in [0.2, 0.25) is 0 Å². The highest BCUT2D eigenvalue weighted by atomic mass is 19.4. The van der Waals surface area contributed by atoms with E-state index in [4.69, 9.17) is 4.74 Å². The number of anilines is 1. The first-order valence-electron chi connectivity index (χ1n) is 8.88. The number of H-pyrrole nitrogens is 1. The second-order valence-corrected chi connectivity index (χ2v) is 6.69. The second kappa shape index (κ2) is 8.56. The summed E-state index contributed by atoms with van der Waals surface area (Å²) in [6, 6.07) is 3.60. The number of alkyl halides is 6. The average molecular weight is 475 g/mol. The van der Waals surface area contributed by atoms with Gasteiger partial charge in [-0.2, -0.15) is 31.4 Å². The van der Waals surface area contributed by atoms with E-state index >= 15 is 0 Å². The molecule has 13 heteroatoms. The quantitative estimate of drug-likeness (QED) is 0.502. The number of nitrogens with one attached hydrogen (secondary N) is 2. The van der Waals surface area contributed by atoms with Crippen molar-refractivity contribution in [2.45, 2.75) is 19.3 Å². The Labute approximate surface area is 180 Å². The summed E-state index contributed by atoms with van der Waals surface area (Å²) in [5.74, 6) is -3.60. The van der Waals surface area contributed by atoms with Crippen molar-refractivity contribution in [3.05, 3.63) is 81.0 Å². The molecule has 0 aliphatic carbocycles. The number of carbonyl (C=O) groups is 1. The van der Waals surface area contributed by atoms with Crippen LogP contribution in [0, 0.1) is 12.7 Å². The Hall–Kier alpha value is -3.90. The van der Waals surface area contributed by atoms with Gasteiger partial charge >= 0.3 is 12.4 Å². The Morgan fingerprint density at radius 2 is 1.70 bits per heavy atom. The molecule has 6 nitrogen and oxygen atoms in total. The van der Waals surface area contributed by atoms with Gasteiger partial charge in [-0.25, -0.2) is 9.49 Å². The zero-order chi connectivity index (χ0) is 24.6. The number of halogens is 7. The van der Waals surface area contributed by atoms with Crippen LogP contribution in [0.1, 0.15) is 27.0 Å². The van der Waals surface area contributed by atoms with E-state index in [9.17, 15) is 40.3 Å². The summed E-state index contributed by atoms with van der Waals surface area (Å²) in [4.78, 5) is 24.1. The molecule has 1 aromatic heterocycles. The fraction of sp³-hybridized carbons (Fsp3) is 0.150. The first-order chi connectivity index (χ1) is 15.3. The van der Waals surface area contributed by atoms with E-state index in [-0.39, 0.29) is 29.1 Å². The number of hydrogen-bond acceptors (Lipinski definition) is 4. The highest BCUT2D eigenvalue weighted by Gasteiger charge is 2.42. The second-order valence-electron chi connectivity index (χ2n) is 6.69. The van der Waals surface area contributed by atoms with Crippen LogP contribution in [-0.2, 0) is 12.4 Å². The Balaban J connectivity index is 2.22. The summed E-state index contributed by atoms with van der Waals surface area (Å²) >= 11 is 0. The number of nitrogens with zero attached hydrogens (tertiary/aromatic N) is 1. The van der Waals surface area contributed by atoms with Crippen LogP contribution in [0.15, 0.2) is 47.4 Å². The molecule has 0 spiro atoms. The number of rotatable bonds is 4. The van der Waals surface area contributed by atoms with Crippen molar-refractivity contribution in [3.8, 4) is 11.5 Å². The molecule has 33 heavy (non-hydrogen) atoms. The summed E-state index contributed by atoms with van der Waals surface area (Å²) in [6.45, 7) is 1.30. The van der Waals surface area contributed by atoms with Crippen LogP contribution in [0.25, 0.3) is 0 Å². The smallest absolute Gasteiger partial charge is 0.417 e. The predicted molar refractivity (Wildman–Crippen MR) is 100 cm³/mol. The number of amides is 1. The Kier molecular flexibility index (Phi) is 6.16. The summed E-state index contributed by atoms with van der Waals surface area (Å²) in [6.07, 6.45) is -9.70. The topological polar surface area (TPSA) is 84.1 Å². The van der Waals surface area contributed by atoms with Gasteiger partial charge in [0, 0.05) is 6.07 Å². The van der Waals surface area contributed by atoms with Crippen LogP contribution < -0.4 is 15.6 Å². The van der Waals surface area contributed by atoms with E-state index in [2.05, 4.69) is 5.10 Å². The normalized spacial score (nSPS) is 11.9. The van der Waals surface area contributed by atoms with Gasteiger partial charge in [-0.15, -0.1) is 0 Å². The van der Waals surface area contributed by atoms with Crippen molar-refractivity contribution in [3.63, 3.8) is 0 Å². The van der Waals surface area contributed by atoms with Gasteiger partial charge in [0.15, 0.2) is 0 Å². The molecule has 0 bridgehead atoms. The van der Waals surface area contributed by atoms with Gasteiger partial charge in [0.05, 0.1) is 28.6 Å². The fourth-order valence-electron chi connectivity index (χ4n) is 2.80. The fourth-order valence-corrected chi connectivity index (χ4v) is 2.80. The van der Waals surface area contributed by atoms with Gasteiger partial charge < -0.3 is 10.1 Å². The molecule has 0 aliphatic rings. The van der Waals surface area contributed by atoms with Crippen molar-refractivity contribution < 1.29 is 40.3 Å². The average Bonchev–Trinajstić information content (AvgIpc) is 2.68. The van der Waals surface area contributed by atoms with E-state index < -0.39 is 52.1 Å². The third-order valence-electron chi connectivity index (χ3n) is 4.24. The number of ether oxygens (including phenoxy) is 1. The molecule has 2 N–H and O–H groups in total. The van der Waals surface area contributed by atoms with Gasteiger partial charge in [0.25, 0.3) is 11.5 Å². The summed E-state index contributed by atoms with van der Waals surface area (Å²) in [5, 5.41) is 7.33. The zero-order valence-electron chi connectivity index (χ0n) is 16.4. The number of hydrogen-bond donors (Lipinski definition) is 2.